The number of hydrogen-bond acceptors (Lipinski definition) is 6. The molecule has 1 aromatic rings. The summed E-state index contributed by atoms with van der Waals surface area (Å²) in [7, 11) is 0. The van der Waals surface area contributed by atoms with Gasteiger partial charge in [0.15, 0.2) is 0 Å². The standard InChI is InChI=1S/C19H23ClN2O4/c1-2-24-18(23)16-12-17(21-26-16)22-10-8-19(9-11-22)7-6-13-14(20)4-3-5-15(13)25-19/h3-5,16H,2,6-12H2,1H3. The maximum atomic E-state index is 11.8. The predicted molar refractivity (Wildman–Crippen MR) is 97.5 cm³/mol. The zero-order valence-corrected chi connectivity index (χ0v) is 15.6. The molecule has 7 heteroatoms. The summed E-state index contributed by atoms with van der Waals surface area (Å²) in [5.41, 5.74) is 0.988. The lowest BCUT2D eigenvalue weighted by molar-refractivity contribution is -0.154. The quantitative estimate of drug-likeness (QED) is 0.740. The number of halogens is 1. The van der Waals surface area contributed by atoms with Gasteiger partial charge in [0, 0.05) is 36.5 Å². The molecule has 1 fully saturated rings. The van der Waals surface area contributed by atoms with E-state index in [4.69, 9.17) is 25.9 Å². The van der Waals surface area contributed by atoms with Crippen molar-refractivity contribution in [3.63, 3.8) is 0 Å². The van der Waals surface area contributed by atoms with Gasteiger partial charge in [0.2, 0.25) is 6.10 Å². The summed E-state index contributed by atoms with van der Waals surface area (Å²) < 4.78 is 11.4. The summed E-state index contributed by atoms with van der Waals surface area (Å²) in [5, 5.41) is 4.90. The van der Waals surface area contributed by atoms with Crippen LogP contribution in [0.4, 0.5) is 0 Å². The van der Waals surface area contributed by atoms with Crippen LogP contribution in [0.2, 0.25) is 5.02 Å². The number of nitrogens with zero attached hydrogens (tertiary/aromatic N) is 2. The molecule has 0 aromatic heterocycles. The van der Waals surface area contributed by atoms with Gasteiger partial charge in [0.1, 0.15) is 17.2 Å². The molecule has 1 spiro atoms. The third-order valence-electron chi connectivity index (χ3n) is 5.48. The maximum Gasteiger partial charge on any atom is 0.350 e. The molecule has 1 atom stereocenters. The third kappa shape index (κ3) is 3.22. The Morgan fingerprint density at radius 2 is 2.19 bits per heavy atom. The first-order valence-electron chi connectivity index (χ1n) is 9.21. The van der Waals surface area contributed by atoms with E-state index in [2.05, 4.69) is 10.1 Å². The van der Waals surface area contributed by atoms with E-state index in [1.54, 1.807) is 6.92 Å². The van der Waals surface area contributed by atoms with Crippen molar-refractivity contribution in [3.05, 3.63) is 28.8 Å². The fourth-order valence-corrected chi connectivity index (χ4v) is 4.21. The second-order valence-corrected chi connectivity index (χ2v) is 7.45. The SMILES string of the molecule is CCOC(=O)C1CC(N2CCC3(CCc4c(Cl)cccc4O3)CC2)=NO1. The van der Waals surface area contributed by atoms with Gasteiger partial charge in [-0.2, -0.15) is 0 Å². The summed E-state index contributed by atoms with van der Waals surface area (Å²) >= 11 is 6.28. The number of oxime groups is 1. The summed E-state index contributed by atoms with van der Waals surface area (Å²) in [6, 6.07) is 5.87. The molecule has 3 aliphatic heterocycles. The predicted octanol–water partition coefficient (Wildman–Crippen LogP) is 3.17. The van der Waals surface area contributed by atoms with Gasteiger partial charge < -0.3 is 19.2 Å². The number of fused-ring (bicyclic) bond motifs is 1. The molecule has 1 saturated heterocycles. The van der Waals surface area contributed by atoms with Crippen molar-refractivity contribution in [2.75, 3.05) is 19.7 Å². The van der Waals surface area contributed by atoms with Gasteiger partial charge in [-0.1, -0.05) is 22.8 Å². The number of esters is 1. The second-order valence-electron chi connectivity index (χ2n) is 7.05. The molecule has 1 unspecified atom stereocenters. The van der Waals surface area contributed by atoms with Crippen LogP contribution in [0.25, 0.3) is 0 Å². The topological polar surface area (TPSA) is 60.4 Å². The van der Waals surface area contributed by atoms with Crippen LogP contribution in [-0.2, 0) is 20.8 Å². The molecule has 26 heavy (non-hydrogen) atoms. The van der Waals surface area contributed by atoms with E-state index in [1.807, 2.05) is 18.2 Å². The Bertz CT molecular complexity index is 728. The molecule has 0 radical (unpaired) electrons. The Balaban J connectivity index is 1.36. The summed E-state index contributed by atoms with van der Waals surface area (Å²) in [5.74, 6) is 1.40. The summed E-state index contributed by atoms with van der Waals surface area (Å²) in [4.78, 5) is 19.2. The molecule has 6 nitrogen and oxygen atoms in total. The van der Waals surface area contributed by atoms with Crippen LogP contribution < -0.4 is 4.74 Å². The van der Waals surface area contributed by atoms with Gasteiger partial charge in [0.25, 0.3) is 0 Å². The van der Waals surface area contributed by atoms with Crippen LogP contribution in [0.1, 0.15) is 38.2 Å². The number of likely N-dealkylation sites (tertiary alicyclic amines) is 1. The fourth-order valence-electron chi connectivity index (χ4n) is 3.95. The first-order chi connectivity index (χ1) is 12.6. The average molecular weight is 379 g/mol. The summed E-state index contributed by atoms with van der Waals surface area (Å²) in [6.45, 7) is 3.82. The minimum atomic E-state index is -0.610. The fraction of sp³-hybridized carbons (Fsp3) is 0.579. The third-order valence-corrected chi connectivity index (χ3v) is 5.83. The average Bonchev–Trinajstić information content (AvgIpc) is 3.13. The van der Waals surface area contributed by atoms with E-state index >= 15 is 0 Å². The van der Waals surface area contributed by atoms with Crippen molar-refractivity contribution in [1.82, 2.24) is 4.90 Å². The molecule has 0 N–H and O–H groups in total. The van der Waals surface area contributed by atoms with Crippen molar-refractivity contribution in [2.24, 2.45) is 5.16 Å². The molecule has 140 valence electrons. The zero-order chi connectivity index (χ0) is 18.1. The van der Waals surface area contributed by atoms with E-state index < -0.39 is 6.10 Å². The van der Waals surface area contributed by atoms with Crippen molar-refractivity contribution in [2.45, 2.75) is 50.7 Å². The smallest absolute Gasteiger partial charge is 0.350 e. The first-order valence-corrected chi connectivity index (χ1v) is 9.59. The number of piperidine rings is 1. The van der Waals surface area contributed by atoms with Crippen LogP contribution in [0.3, 0.4) is 0 Å². The zero-order valence-electron chi connectivity index (χ0n) is 14.9. The Hall–Kier alpha value is -1.95. The molecule has 0 aliphatic carbocycles. The van der Waals surface area contributed by atoms with E-state index in [0.717, 1.165) is 60.9 Å². The molecule has 0 saturated carbocycles. The van der Waals surface area contributed by atoms with Crippen LogP contribution in [0, 0.1) is 0 Å². The molecule has 1 aromatic carbocycles. The van der Waals surface area contributed by atoms with E-state index in [0.29, 0.717) is 13.0 Å². The molecular weight excluding hydrogens is 356 g/mol. The maximum absolute atomic E-state index is 11.8. The minimum Gasteiger partial charge on any atom is -0.487 e. The number of carbonyl (C=O) groups excluding carboxylic acids is 1. The highest BCUT2D eigenvalue weighted by molar-refractivity contribution is 6.31. The highest BCUT2D eigenvalue weighted by atomic mass is 35.5. The number of carbonyl (C=O) groups is 1. The molecule has 0 amide bonds. The lowest BCUT2D eigenvalue weighted by Gasteiger charge is -2.45. The Labute approximate surface area is 158 Å². The Kier molecular flexibility index (Phi) is 4.69. The van der Waals surface area contributed by atoms with Gasteiger partial charge in [-0.15, -0.1) is 0 Å². The second kappa shape index (κ2) is 6.99. The van der Waals surface area contributed by atoms with Crippen LogP contribution in [-0.4, -0.2) is 48.1 Å². The number of hydrogen-bond donors (Lipinski definition) is 0. The minimum absolute atomic E-state index is 0.130. The van der Waals surface area contributed by atoms with Gasteiger partial charge in [-0.05, 0) is 31.9 Å². The van der Waals surface area contributed by atoms with Crippen molar-refractivity contribution in [1.29, 1.82) is 0 Å². The normalized spacial score (nSPS) is 23.7. The Morgan fingerprint density at radius 1 is 1.38 bits per heavy atom. The highest BCUT2D eigenvalue weighted by Gasteiger charge is 2.42. The van der Waals surface area contributed by atoms with E-state index in [-0.39, 0.29) is 11.6 Å². The van der Waals surface area contributed by atoms with E-state index in [9.17, 15) is 4.79 Å². The molecular formula is C19H23ClN2O4. The van der Waals surface area contributed by atoms with Gasteiger partial charge in [-0.3, -0.25) is 0 Å². The lowest BCUT2D eigenvalue weighted by atomic mass is 9.83. The number of rotatable bonds is 2. The van der Waals surface area contributed by atoms with Crippen LogP contribution in [0.5, 0.6) is 5.75 Å². The largest absolute Gasteiger partial charge is 0.487 e. The molecule has 3 aliphatic rings. The van der Waals surface area contributed by atoms with Gasteiger partial charge >= 0.3 is 5.97 Å². The molecule has 4 rings (SSSR count). The van der Waals surface area contributed by atoms with Crippen molar-refractivity contribution < 1.29 is 19.1 Å². The van der Waals surface area contributed by atoms with Crippen LogP contribution in [0.15, 0.2) is 23.4 Å². The van der Waals surface area contributed by atoms with Crippen LogP contribution >= 0.6 is 11.6 Å². The van der Waals surface area contributed by atoms with Gasteiger partial charge in [-0.25, -0.2) is 4.79 Å². The van der Waals surface area contributed by atoms with E-state index in [1.165, 1.54) is 0 Å². The lowest BCUT2D eigenvalue weighted by Crippen LogP contribution is -2.51. The number of amidine groups is 1. The number of benzene rings is 1. The number of ether oxygens (including phenoxy) is 2. The highest BCUT2D eigenvalue weighted by Crippen LogP contribution is 2.41. The van der Waals surface area contributed by atoms with Crippen molar-refractivity contribution >= 4 is 23.4 Å². The van der Waals surface area contributed by atoms with Gasteiger partial charge in [0.05, 0.1) is 13.0 Å². The van der Waals surface area contributed by atoms with Crippen molar-refractivity contribution in [3.8, 4) is 5.75 Å². The monoisotopic (exact) mass is 378 g/mol. The molecule has 3 heterocycles. The first kappa shape index (κ1) is 17.5. The summed E-state index contributed by atoms with van der Waals surface area (Å²) in [6.07, 6.45) is 3.63. The Morgan fingerprint density at radius 3 is 2.96 bits per heavy atom. The molecule has 0 bridgehead atoms.